The number of carbonyl (C=O) groups excluding carboxylic acids is 1. The summed E-state index contributed by atoms with van der Waals surface area (Å²) in [5, 5.41) is 5.77. The summed E-state index contributed by atoms with van der Waals surface area (Å²) in [6.07, 6.45) is 5.53. The van der Waals surface area contributed by atoms with Crippen LogP contribution in [0.1, 0.15) is 30.4 Å². The van der Waals surface area contributed by atoms with Gasteiger partial charge in [-0.15, -0.1) is 0 Å². The Morgan fingerprint density at radius 3 is 2.70 bits per heavy atom. The maximum absolute atomic E-state index is 12.2. The fourth-order valence-electron chi connectivity index (χ4n) is 3.17. The van der Waals surface area contributed by atoms with Crippen LogP contribution in [0.3, 0.4) is 0 Å². The molecule has 144 valence electrons. The number of piperidine rings is 1. The van der Waals surface area contributed by atoms with Gasteiger partial charge in [-0.2, -0.15) is 0 Å². The van der Waals surface area contributed by atoms with Crippen LogP contribution in [0.15, 0.2) is 41.0 Å². The van der Waals surface area contributed by atoms with E-state index in [0.29, 0.717) is 13.1 Å². The van der Waals surface area contributed by atoms with Gasteiger partial charge in [-0.05, 0) is 55.2 Å². The molecule has 2 N–H and O–H groups in total. The fourth-order valence-corrected chi connectivity index (χ4v) is 3.58. The van der Waals surface area contributed by atoms with Crippen LogP contribution in [0, 0.1) is 0 Å². The Labute approximate surface area is 168 Å². The van der Waals surface area contributed by atoms with Gasteiger partial charge in [0, 0.05) is 42.4 Å². The van der Waals surface area contributed by atoms with E-state index in [1.54, 1.807) is 7.11 Å². The van der Waals surface area contributed by atoms with Crippen LogP contribution >= 0.6 is 15.9 Å². The highest BCUT2D eigenvalue weighted by Gasteiger charge is 2.12. The smallest absolute Gasteiger partial charge is 0.315 e. The first-order valence-corrected chi connectivity index (χ1v) is 9.99. The molecule has 1 aliphatic rings. The first kappa shape index (κ1) is 19.5. The molecule has 0 saturated carbocycles. The van der Waals surface area contributed by atoms with Crippen molar-refractivity contribution in [2.75, 3.05) is 25.1 Å². The minimum atomic E-state index is -0.214. The van der Waals surface area contributed by atoms with Gasteiger partial charge < -0.3 is 20.3 Å². The molecule has 2 heterocycles. The average Bonchev–Trinajstić information content (AvgIpc) is 2.71. The number of ether oxygens (including phenoxy) is 1. The van der Waals surface area contributed by atoms with Crippen molar-refractivity contribution in [1.29, 1.82) is 0 Å². The number of urea groups is 1. The lowest BCUT2D eigenvalue weighted by Gasteiger charge is -2.27. The Bertz CT molecular complexity index is 778. The second-order valence-electron chi connectivity index (χ2n) is 6.56. The molecule has 27 heavy (non-hydrogen) atoms. The van der Waals surface area contributed by atoms with Gasteiger partial charge in [0.2, 0.25) is 0 Å². The summed E-state index contributed by atoms with van der Waals surface area (Å²) >= 11 is 3.44. The van der Waals surface area contributed by atoms with Gasteiger partial charge in [0.25, 0.3) is 0 Å². The molecule has 7 heteroatoms. The normalized spacial score (nSPS) is 13.9. The molecule has 0 atom stereocenters. The number of nitrogens with zero attached hydrogens (tertiary/aromatic N) is 2. The number of anilines is 1. The van der Waals surface area contributed by atoms with E-state index in [9.17, 15) is 4.79 Å². The van der Waals surface area contributed by atoms with Crippen molar-refractivity contribution >= 4 is 27.8 Å². The SMILES string of the molecule is COc1ccc(Br)cc1CNC(=O)NCc1ccnc(N2CCCCC2)c1. The zero-order valence-electron chi connectivity index (χ0n) is 15.5. The lowest BCUT2D eigenvalue weighted by molar-refractivity contribution is 0.240. The molecule has 6 nitrogen and oxygen atoms in total. The quantitative estimate of drug-likeness (QED) is 0.727. The Morgan fingerprint density at radius 2 is 1.93 bits per heavy atom. The van der Waals surface area contributed by atoms with Gasteiger partial charge in [-0.1, -0.05) is 15.9 Å². The van der Waals surface area contributed by atoms with Crippen LogP contribution < -0.4 is 20.3 Å². The third-order valence-corrected chi connectivity index (χ3v) is 5.12. The van der Waals surface area contributed by atoms with E-state index in [1.807, 2.05) is 30.5 Å². The molecular weight excluding hydrogens is 408 g/mol. The number of halogens is 1. The molecule has 1 aliphatic heterocycles. The number of hydrogen-bond donors (Lipinski definition) is 2. The van der Waals surface area contributed by atoms with Gasteiger partial charge >= 0.3 is 6.03 Å². The van der Waals surface area contributed by atoms with Gasteiger partial charge in [0.1, 0.15) is 11.6 Å². The predicted molar refractivity (Wildman–Crippen MR) is 110 cm³/mol. The van der Waals surface area contributed by atoms with Crippen LogP contribution in [0.4, 0.5) is 10.6 Å². The first-order valence-electron chi connectivity index (χ1n) is 9.19. The van der Waals surface area contributed by atoms with Gasteiger partial charge in [-0.3, -0.25) is 0 Å². The third-order valence-electron chi connectivity index (χ3n) is 4.62. The topological polar surface area (TPSA) is 66.5 Å². The molecule has 0 unspecified atom stereocenters. The summed E-state index contributed by atoms with van der Waals surface area (Å²) in [6.45, 7) is 2.96. The zero-order valence-corrected chi connectivity index (χ0v) is 17.1. The summed E-state index contributed by atoms with van der Waals surface area (Å²) in [5.41, 5.74) is 1.96. The van der Waals surface area contributed by atoms with E-state index < -0.39 is 0 Å². The van der Waals surface area contributed by atoms with Crippen molar-refractivity contribution in [2.24, 2.45) is 0 Å². The van der Waals surface area contributed by atoms with Crippen molar-refractivity contribution in [2.45, 2.75) is 32.4 Å². The fraction of sp³-hybridized carbons (Fsp3) is 0.400. The minimum absolute atomic E-state index is 0.214. The zero-order chi connectivity index (χ0) is 19.1. The molecule has 3 rings (SSSR count). The molecule has 2 amide bonds. The number of nitrogens with one attached hydrogen (secondary N) is 2. The van der Waals surface area contributed by atoms with Crippen molar-refractivity contribution in [3.05, 3.63) is 52.1 Å². The van der Waals surface area contributed by atoms with Gasteiger partial charge in [0.05, 0.1) is 7.11 Å². The van der Waals surface area contributed by atoms with Crippen LogP contribution in [-0.4, -0.2) is 31.2 Å². The molecule has 0 radical (unpaired) electrons. The lowest BCUT2D eigenvalue weighted by atomic mass is 10.1. The number of carbonyl (C=O) groups is 1. The second kappa shape index (κ2) is 9.60. The Hall–Kier alpha value is -2.28. The maximum atomic E-state index is 12.2. The molecule has 0 bridgehead atoms. The Balaban J connectivity index is 1.51. The highest BCUT2D eigenvalue weighted by Crippen LogP contribution is 2.22. The molecule has 0 aliphatic carbocycles. The molecule has 1 saturated heterocycles. The number of aromatic nitrogens is 1. The molecule has 1 aromatic carbocycles. The summed E-state index contributed by atoms with van der Waals surface area (Å²) in [5.74, 6) is 1.74. The number of hydrogen-bond acceptors (Lipinski definition) is 4. The molecule has 1 aromatic heterocycles. The highest BCUT2D eigenvalue weighted by atomic mass is 79.9. The summed E-state index contributed by atoms with van der Waals surface area (Å²) in [7, 11) is 1.62. The van der Waals surface area contributed by atoms with E-state index in [4.69, 9.17) is 4.74 Å². The largest absolute Gasteiger partial charge is 0.496 e. The summed E-state index contributed by atoms with van der Waals surface area (Å²) < 4.78 is 6.28. The van der Waals surface area contributed by atoms with Crippen LogP contribution in [0.2, 0.25) is 0 Å². The van der Waals surface area contributed by atoms with Gasteiger partial charge in [0.15, 0.2) is 0 Å². The number of benzene rings is 1. The van der Waals surface area contributed by atoms with Crippen molar-refractivity contribution < 1.29 is 9.53 Å². The Kier molecular flexibility index (Phi) is 6.92. The average molecular weight is 433 g/mol. The van der Waals surface area contributed by atoms with Crippen molar-refractivity contribution in [3.8, 4) is 5.75 Å². The third kappa shape index (κ3) is 5.60. The van der Waals surface area contributed by atoms with Crippen molar-refractivity contribution in [3.63, 3.8) is 0 Å². The van der Waals surface area contributed by atoms with Crippen LogP contribution in [0.5, 0.6) is 5.75 Å². The van der Waals surface area contributed by atoms with E-state index >= 15 is 0 Å². The van der Waals surface area contributed by atoms with E-state index in [2.05, 4.69) is 42.5 Å². The van der Waals surface area contributed by atoms with Gasteiger partial charge in [-0.25, -0.2) is 9.78 Å². The summed E-state index contributed by atoms with van der Waals surface area (Å²) in [6, 6.07) is 9.50. The summed E-state index contributed by atoms with van der Waals surface area (Å²) in [4.78, 5) is 18.9. The number of rotatable bonds is 6. The highest BCUT2D eigenvalue weighted by molar-refractivity contribution is 9.10. The molecule has 0 spiro atoms. The number of pyridine rings is 1. The lowest BCUT2D eigenvalue weighted by Crippen LogP contribution is -2.34. The minimum Gasteiger partial charge on any atom is -0.496 e. The van der Waals surface area contributed by atoms with E-state index in [-0.39, 0.29) is 6.03 Å². The van der Waals surface area contributed by atoms with Crippen LogP contribution in [0.25, 0.3) is 0 Å². The number of methoxy groups -OCH3 is 1. The predicted octanol–water partition coefficient (Wildman–Crippen LogP) is 3.84. The molecule has 1 fully saturated rings. The van der Waals surface area contributed by atoms with E-state index in [0.717, 1.165) is 40.3 Å². The van der Waals surface area contributed by atoms with E-state index in [1.165, 1.54) is 19.3 Å². The monoisotopic (exact) mass is 432 g/mol. The van der Waals surface area contributed by atoms with Crippen LogP contribution in [-0.2, 0) is 13.1 Å². The molecular formula is C20H25BrN4O2. The Morgan fingerprint density at radius 1 is 1.15 bits per heavy atom. The standard InChI is InChI=1S/C20H25BrN4O2/c1-27-18-6-5-17(21)12-16(18)14-24-20(26)23-13-15-7-8-22-19(11-15)25-9-3-2-4-10-25/h5-8,11-12H,2-4,9-10,13-14H2,1H3,(H2,23,24,26). The molecule has 2 aromatic rings. The second-order valence-corrected chi connectivity index (χ2v) is 7.48. The van der Waals surface area contributed by atoms with Crippen molar-refractivity contribution in [1.82, 2.24) is 15.6 Å². The maximum Gasteiger partial charge on any atom is 0.315 e. The number of amides is 2. The first-order chi connectivity index (χ1) is 13.2.